The van der Waals surface area contributed by atoms with E-state index >= 15 is 0 Å². The highest BCUT2D eigenvalue weighted by atomic mass is 35.5. The molecule has 3 rings (SSSR count). The molecule has 1 N–H and O–H groups in total. The predicted octanol–water partition coefficient (Wildman–Crippen LogP) is 4.34. The topological polar surface area (TPSA) is 89.3 Å². The van der Waals surface area contributed by atoms with Gasteiger partial charge in [0.05, 0.1) is 10.6 Å². The van der Waals surface area contributed by atoms with E-state index in [1.807, 2.05) is 0 Å². The highest BCUT2D eigenvalue weighted by Gasteiger charge is 2.20. The van der Waals surface area contributed by atoms with Gasteiger partial charge in [-0.25, -0.2) is 8.42 Å². The van der Waals surface area contributed by atoms with Crippen LogP contribution in [0.2, 0.25) is 5.02 Å². The standard InChI is InChI=1S/C17H13ClN2O4S/c18-15-9-10-16(14-7-3-2-6-13(14)15)19-25(23,24)11-12-5-1-4-8-17(12)20(21)22/h1-10,19H,11H2. The Morgan fingerprint density at radius 1 is 0.960 bits per heavy atom. The van der Waals surface area contributed by atoms with Gasteiger partial charge in [0.2, 0.25) is 10.0 Å². The fourth-order valence-electron chi connectivity index (χ4n) is 2.57. The minimum Gasteiger partial charge on any atom is -0.283 e. The Morgan fingerprint density at radius 3 is 2.32 bits per heavy atom. The molecule has 6 nitrogen and oxygen atoms in total. The second-order valence-corrected chi connectivity index (χ2v) is 7.52. The molecule has 0 fully saturated rings. The molecule has 0 spiro atoms. The Kier molecular flexibility index (Phi) is 4.61. The van der Waals surface area contributed by atoms with E-state index in [0.29, 0.717) is 16.1 Å². The van der Waals surface area contributed by atoms with Crippen molar-refractivity contribution in [2.45, 2.75) is 5.75 Å². The van der Waals surface area contributed by atoms with E-state index in [4.69, 9.17) is 11.6 Å². The average Bonchev–Trinajstić information content (AvgIpc) is 2.57. The summed E-state index contributed by atoms with van der Waals surface area (Å²) in [5.41, 5.74) is 0.269. The van der Waals surface area contributed by atoms with E-state index in [0.717, 1.165) is 5.39 Å². The fraction of sp³-hybridized carbons (Fsp3) is 0.0588. The lowest BCUT2D eigenvalue weighted by Crippen LogP contribution is -2.16. The van der Waals surface area contributed by atoms with Gasteiger partial charge in [0.1, 0.15) is 5.75 Å². The van der Waals surface area contributed by atoms with Crippen molar-refractivity contribution in [3.05, 3.63) is 81.4 Å². The van der Waals surface area contributed by atoms with Crippen molar-refractivity contribution in [3.63, 3.8) is 0 Å². The van der Waals surface area contributed by atoms with Crippen LogP contribution in [0.3, 0.4) is 0 Å². The second-order valence-electron chi connectivity index (χ2n) is 5.39. The van der Waals surface area contributed by atoms with Crippen molar-refractivity contribution in [3.8, 4) is 0 Å². The Morgan fingerprint density at radius 2 is 1.60 bits per heavy atom. The average molecular weight is 377 g/mol. The third-order valence-electron chi connectivity index (χ3n) is 3.67. The third-order valence-corrected chi connectivity index (χ3v) is 5.22. The number of hydrogen-bond donors (Lipinski definition) is 1. The first-order chi connectivity index (χ1) is 11.9. The van der Waals surface area contributed by atoms with Gasteiger partial charge < -0.3 is 0 Å². The molecule has 128 valence electrons. The third kappa shape index (κ3) is 3.72. The lowest BCUT2D eigenvalue weighted by atomic mass is 10.1. The Hall–Kier alpha value is -2.64. The van der Waals surface area contributed by atoms with E-state index in [-0.39, 0.29) is 11.3 Å². The van der Waals surface area contributed by atoms with Crippen molar-refractivity contribution in [2.24, 2.45) is 0 Å². The summed E-state index contributed by atoms with van der Waals surface area (Å²) in [6, 6.07) is 16.1. The highest BCUT2D eigenvalue weighted by Crippen LogP contribution is 2.31. The molecule has 0 aliphatic heterocycles. The molecule has 0 amide bonds. The lowest BCUT2D eigenvalue weighted by molar-refractivity contribution is -0.385. The number of nitrogens with zero attached hydrogens (tertiary/aromatic N) is 1. The van der Waals surface area contributed by atoms with E-state index in [1.165, 1.54) is 18.2 Å². The number of rotatable bonds is 5. The number of nitro benzene ring substituents is 1. The maximum absolute atomic E-state index is 12.5. The molecule has 8 heteroatoms. The molecule has 0 saturated heterocycles. The molecule has 0 aromatic heterocycles. The predicted molar refractivity (Wildman–Crippen MR) is 98.3 cm³/mol. The van der Waals surface area contributed by atoms with Gasteiger partial charge in [-0.3, -0.25) is 14.8 Å². The molecule has 0 aliphatic carbocycles. The number of para-hydroxylation sites is 1. The summed E-state index contributed by atoms with van der Waals surface area (Å²) < 4.78 is 27.5. The Labute approximate surface area is 149 Å². The van der Waals surface area contributed by atoms with Crippen LogP contribution in [-0.4, -0.2) is 13.3 Å². The van der Waals surface area contributed by atoms with Crippen LogP contribution in [0, 0.1) is 10.1 Å². The minimum atomic E-state index is -3.85. The Bertz CT molecular complexity index is 1070. The van der Waals surface area contributed by atoms with Crippen LogP contribution in [0.25, 0.3) is 10.8 Å². The van der Waals surface area contributed by atoms with Crippen LogP contribution in [-0.2, 0) is 15.8 Å². The van der Waals surface area contributed by atoms with Gasteiger partial charge in [-0.15, -0.1) is 0 Å². The molecule has 0 saturated carbocycles. The largest absolute Gasteiger partial charge is 0.283 e. The van der Waals surface area contributed by atoms with Crippen LogP contribution >= 0.6 is 11.6 Å². The lowest BCUT2D eigenvalue weighted by Gasteiger charge is -2.12. The van der Waals surface area contributed by atoms with Crippen LogP contribution in [0.1, 0.15) is 5.56 Å². The molecule has 25 heavy (non-hydrogen) atoms. The molecular formula is C17H13ClN2O4S. The first-order valence-corrected chi connectivity index (χ1v) is 9.30. The van der Waals surface area contributed by atoms with E-state index in [2.05, 4.69) is 4.72 Å². The summed E-state index contributed by atoms with van der Waals surface area (Å²) in [4.78, 5) is 10.5. The van der Waals surface area contributed by atoms with Gasteiger partial charge in [-0.05, 0) is 12.1 Å². The molecule has 0 aliphatic rings. The Balaban J connectivity index is 1.96. The van der Waals surface area contributed by atoms with Crippen LogP contribution < -0.4 is 4.72 Å². The van der Waals surface area contributed by atoms with Crippen molar-refractivity contribution >= 4 is 43.8 Å². The number of anilines is 1. The summed E-state index contributed by atoms with van der Waals surface area (Å²) in [6.07, 6.45) is 0. The van der Waals surface area contributed by atoms with Gasteiger partial charge in [-0.1, -0.05) is 54.1 Å². The minimum absolute atomic E-state index is 0.123. The maximum Gasteiger partial charge on any atom is 0.273 e. The van der Waals surface area contributed by atoms with Crippen LogP contribution in [0.5, 0.6) is 0 Å². The summed E-state index contributed by atoms with van der Waals surface area (Å²) >= 11 is 6.13. The quantitative estimate of drug-likeness (QED) is 0.529. The molecule has 3 aromatic rings. The summed E-state index contributed by atoms with van der Waals surface area (Å²) in [5.74, 6) is -0.499. The summed E-state index contributed by atoms with van der Waals surface area (Å²) in [7, 11) is -3.85. The normalized spacial score (nSPS) is 11.4. The number of benzene rings is 3. The van der Waals surface area contributed by atoms with Gasteiger partial charge in [0.25, 0.3) is 5.69 Å². The van der Waals surface area contributed by atoms with Gasteiger partial charge in [0, 0.05) is 27.4 Å². The van der Waals surface area contributed by atoms with Gasteiger partial charge in [-0.2, -0.15) is 0 Å². The molecule has 3 aromatic carbocycles. The number of sulfonamides is 1. The second kappa shape index (κ2) is 6.70. The highest BCUT2D eigenvalue weighted by molar-refractivity contribution is 7.92. The molecule has 0 unspecified atom stereocenters. The summed E-state index contributed by atoms with van der Waals surface area (Å²) in [5, 5.41) is 12.9. The first kappa shape index (κ1) is 17.2. The zero-order chi connectivity index (χ0) is 18.0. The number of nitro groups is 1. The van der Waals surface area contributed by atoms with E-state index in [1.54, 1.807) is 42.5 Å². The number of nitrogens with one attached hydrogen (secondary N) is 1. The molecule has 0 atom stereocenters. The van der Waals surface area contributed by atoms with E-state index in [9.17, 15) is 18.5 Å². The molecule has 0 heterocycles. The van der Waals surface area contributed by atoms with Crippen LogP contribution in [0.4, 0.5) is 11.4 Å². The van der Waals surface area contributed by atoms with Crippen molar-refractivity contribution in [1.29, 1.82) is 0 Å². The van der Waals surface area contributed by atoms with Crippen LogP contribution in [0.15, 0.2) is 60.7 Å². The smallest absolute Gasteiger partial charge is 0.273 e. The number of halogens is 1. The first-order valence-electron chi connectivity index (χ1n) is 7.27. The van der Waals surface area contributed by atoms with Crippen molar-refractivity contribution < 1.29 is 13.3 Å². The number of hydrogen-bond acceptors (Lipinski definition) is 4. The molecular weight excluding hydrogens is 364 g/mol. The van der Waals surface area contributed by atoms with E-state index < -0.39 is 20.7 Å². The zero-order valence-electron chi connectivity index (χ0n) is 12.8. The van der Waals surface area contributed by atoms with Crippen molar-refractivity contribution in [2.75, 3.05) is 4.72 Å². The number of fused-ring (bicyclic) bond motifs is 1. The SMILES string of the molecule is O=[N+]([O-])c1ccccc1CS(=O)(=O)Nc1ccc(Cl)c2ccccc12. The van der Waals surface area contributed by atoms with Gasteiger partial charge in [0.15, 0.2) is 0 Å². The molecule has 0 bridgehead atoms. The zero-order valence-corrected chi connectivity index (χ0v) is 14.4. The fourth-order valence-corrected chi connectivity index (χ4v) is 4.04. The monoisotopic (exact) mass is 376 g/mol. The van der Waals surface area contributed by atoms with Crippen molar-refractivity contribution in [1.82, 2.24) is 0 Å². The molecule has 0 radical (unpaired) electrons. The summed E-state index contributed by atoms with van der Waals surface area (Å²) in [6.45, 7) is 0. The maximum atomic E-state index is 12.5. The van der Waals surface area contributed by atoms with Gasteiger partial charge >= 0.3 is 0 Å².